The summed E-state index contributed by atoms with van der Waals surface area (Å²) < 4.78 is 5.28. The number of benzene rings is 2. The fourth-order valence-electron chi connectivity index (χ4n) is 3.68. The van der Waals surface area contributed by atoms with Crippen LogP contribution in [-0.2, 0) is 9.59 Å². The van der Waals surface area contributed by atoms with Crippen molar-refractivity contribution < 1.29 is 23.9 Å². The van der Waals surface area contributed by atoms with Gasteiger partial charge in [-0.3, -0.25) is 14.4 Å². The third kappa shape index (κ3) is 5.82. The lowest BCUT2D eigenvalue weighted by molar-refractivity contribution is -0.121. The van der Waals surface area contributed by atoms with E-state index >= 15 is 0 Å². The molecule has 10 heteroatoms. The van der Waals surface area contributed by atoms with Gasteiger partial charge in [0.25, 0.3) is 5.91 Å². The molecule has 2 aromatic carbocycles. The molecule has 2 aromatic rings. The van der Waals surface area contributed by atoms with Gasteiger partial charge >= 0.3 is 5.97 Å². The number of anilines is 1. The first-order valence-corrected chi connectivity index (χ1v) is 11.8. The molecular formula is C24H24N4O5S. The lowest BCUT2D eigenvalue weighted by Gasteiger charge is -2.27. The number of esters is 1. The number of primary amides is 1. The first kappa shape index (κ1) is 23.5. The van der Waals surface area contributed by atoms with Gasteiger partial charge < -0.3 is 20.7 Å². The molecule has 0 aromatic heterocycles. The van der Waals surface area contributed by atoms with Crippen LogP contribution in [0.25, 0.3) is 0 Å². The molecule has 1 atom stereocenters. The maximum absolute atomic E-state index is 12.5. The second-order valence-corrected chi connectivity index (χ2v) is 9.17. The Morgan fingerprint density at radius 1 is 1.06 bits per heavy atom. The van der Waals surface area contributed by atoms with Crippen molar-refractivity contribution in [2.24, 2.45) is 10.7 Å². The van der Waals surface area contributed by atoms with Gasteiger partial charge in [0.1, 0.15) is 11.0 Å². The van der Waals surface area contributed by atoms with E-state index in [0.29, 0.717) is 10.9 Å². The average molecular weight is 481 g/mol. The molecule has 2 aliphatic heterocycles. The van der Waals surface area contributed by atoms with Crippen molar-refractivity contribution in [1.29, 1.82) is 0 Å². The van der Waals surface area contributed by atoms with Gasteiger partial charge in [-0.25, -0.2) is 4.79 Å². The topological polar surface area (TPSA) is 131 Å². The number of rotatable bonds is 6. The minimum atomic E-state index is -0.620. The van der Waals surface area contributed by atoms with Crippen LogP contribution in [0.15, 0.2) is 53.5 Å². The second-order valence-electron chi connectivity index (χ2n) is 8.00. The molecule has 2 aliphatic rings. The van der Waals surface area contributed by atoms with Crippen molar-refractivity contribution in [3.05, 3.63) is 59.7 Å². The Balaban J connectivity index is 1.29. The normalized spacial score (nSPS) is 17.8. The average Bonchev–Trinajstić information content (AvgIpc) is 3.20. The molecule has 3 N–H and O–H groups in total. The highest BCUT2D eigenvalue weighted by atomic mass is 32.2. The van der Waals surface area contributed by atoms with E-state index < -0.39 is 17.1 Å². The quantitative estimate of drug-likeness (QED) is 0.480. The molecule has 0 spiro atoms. The van der Waals surface area contributed by atoms with E-state index in [0.717, 1.165) is 25.9 Å². The van der Waals surface area contributed by atoms with E-state index in [1.807, 2.05) is 0 Å². The molecule has 1 fully saturated rings. The number of ether oxygens (including phenoxy) is 1. The zero-order valence-corrected chi connectivity index (χ0v) is 19.2. The van der Waals surface area contributed by atoms with Gasteiger partial charge in [-0.1, -0.05) is 17.8 Å². The lowest BCUT2D eigenvalue weighted by atomic mass is 10.1. The third-order valence-corrected chi connectivity index (χ3v) is 6.67. The molecule has 34 heavy (non-hydrogen) atoms. The van der Waals surface area contributed by atoms with Gasteiger partial charge in [0.05, 0.1) is 5.56 Å². The van der Waals surface area contributed by atoms with Crippen LogP contribution in [-0.4, -0.2) is 52.1 Å². The summed E-state index contributed by atoms with van der Waals surface area (Å²) in [5.74, 6) is -1.62. The zero-order valence-electron chi connectivity index (χ0n) is 18.4. The SMILES string of the molecule is NC(=O)c1cccc(OC(=O)c2ccc(NC(=O)CC3SC(N4CCCCC4)=NC3=O)cc2)c1. The van der Waals surface area contributed by atoms with Gasteiger partial charge in [-0.15, -0.1) is 0 Å². The zero-order chi connectivity index (χ0) is 24.1. The highest BCUT2D eigenvalue weighted by molar-refractivity contribution is 8.15. The Labute approximate surface area is 200 Å². The summed E-state index contributed by atoms with van der Waals surface area (Å²) in [6.45, 7) is 1.78. The van der Waals surface area contributed by atoms with E-state index in [4.69, 9.17) is 10.5 Å². The molecule has 4 rings (SSSR count). The summed E-state index contributed by atoms with van der Waals surface area (Å²) in [7, 11) is 0. The summed E-state index contributed by atoms with van der Waals surface area (Å²) in [5, 5.41) is 2.94. The molecule has 9 nitrogen and oxygen atoms in total. The molecule has 3 amide bonds. The number of carbonyl (C=O) groups is 4. The smallest absolute Gasteiger partial charge is 0.343 e. The van der Waals surface area contributed by atoms with Crippen molar-refractivity contribution in [3.63, 3.8) is 0 Å². The fourth-order valence-corrected chi connectivity index (χ4v) is 4.80. The van der Waals surface area contributed by atoms with Crippen LogP contribution in [0.1, 0.15) is 46.4 Å². The Bertz CT molecular complexity index is 1140. The lowest BCUT2D eigenvalue weighted by Crippen LogP contribution is -2.33. The number of likely N-dealkylation sites (tertiary alicyclic amines) is 1. The number of piperidine rings is 1. The first-order valence-electron chi connectivity index (χ1n) is 10.9. The second kappa shape index (κ2) is 10.5. The van der Waals surface area contributed by atoms with E-state index in [2.05, 4.69) is 15.2 Å². The van der Waals surface area contributed by atoms with Crippen molar-refractivity contribution in [1.82, 2.24) is 4.90 Å². The molecule has 1 unspecified atom stereocenters. The van der Waals surface area contributed by atoms with Gasteiger partial charge in [0.15, 0.2) is 5.17 Å². The Hall–Kier alpha value is -3.66. The van der Waals surface area contributed by atoms with Crippen molar-refractivity contribution in [3.8, 4) is 5.75 Å². The molecule has 0 saturated carbocycles. The Morgan fingerprint density at radius 2 is 1.79 bits per heavy atom. The summed E-state index contributed by atoms with van der Waals surface area (Å²) in [6, 6.07) is 12.2. The van der Waals surface area contributed by atoms with Gasteiger partial charge in [-0.05, 0) is 61.7 Å². The minimum absolute atomic E-state index is 0.0182. The van der Waals surface area contributed by atoms with Crippen LogP contribution in [0.4, 0.5) is 5.69 Å². The Morgan fingerprint density at radius 3 is 2.50 bits per heavy atom. The number of hydrogen-bond donors (Lipinski definition) is 2. The van der Waals surface area contributed by atoms with Gasteiger partial charge in [-0.2, -0.15) is 4.99 Å². The Kier molecular flexibility index (Phi) is 7.27. The number of aliphatic imine (C=N–C) groups is 1. The number of hydrogen-bond acceptors (Lipinski definition) is 7. The fraction of sp³-hybridized carbons (Fsp3) is 0.292. The molecule has 0 bridgehead atoms. The summed E-state index contributed by atoms with van der Waals surface area (Å²) in [5.41, 5.74) is 6.23. The molecule has 1 saturated heterocycles. The summed E-state index contributed by atoms with van der Waals surface area (Å²) in [4.78, 5) is 54.6. The number of amides is 3. The van der Waals surface area contributed by atoms with E-state index in [-0.39, 0.29) is 35.1 Å². The van der Waals surface area contributed by atoms with Crippen molar-refractivity contribution in [2.75, 3.05) is 18.4 Å². The minimum Gasteiger partial charge on any atom is -0.423 e. The predicted molar refractivity (Wildman–Crippen MR) is 129 cm³/mol. The number of nitrogens with zero attached hydrogens (tertiary/aromatic N) is 2. The molecule has 2 heterocycles. The van der Waals surface area contributed by atoms with Gasteiger partial charge in [0.2, 0.25) is 11.8 Å². The molecule has 0 aliphatic carbocycles. The van der Waals surface area contributed by atoms with E-state index in [1.54, 1.807) is 24.3 Å². The number of amidine groups is 1. The van der Waals surface area contributed by atoms with Crippen molar-refractivity contribution in [2.45, 2.75) is 30.9 Å². The number of thioether (sulfide) groups is 1. The maximum Gasteiger partial charge on any atom is 0.343 e. The van der Waals surface area contributed by atoms with Crippen LogP contribution in [0.3, 0.4) is 0 Å². The standard InChI is InChI=1S/C24H24N4O5S/c25-21(30)16-5-4-6-18(13-16)33-23(32)15-7-9-17(10-8-15)26-20(29)14-19-22(31)27-24(34-19)28-11-2-1-3-12-28/h4-10,13,19H,1-3,11-12,14H2,(H2,25,30)(H,26,29). The predicted octanol–water partition coefficient (Wildman–Crippen LogP) is 2.82. The van der Waals surface area contributed by atoms with Crippen LogP contribution < -0.4 is 15.8 Å². The van der Waals surface area contributed by atoms with Crippen LogP contribution in [0, 0.1) is 0 Å². The van der Waals surface area contributed by atoms with Crippen LogP contribution in [0.2, 0.25) is 0 Å². The number of nitrogens with one attached hydrogen (secondary N) is 1. The largest absolute Gasteiger partial charge is 0.423 e. The van der Waals surface area contributed by atoms with Crippen LogP contribution >= 0.6 is 11.8 Å². The van der Waals surface area contributed by atoms with Gasteiger partial charge in [0, 0.05) is 30.8 Å². The molecular weight excluding hydrogens is 456 g/mol. The molecule has 176 valence electrons. The van der Waals surface area contributed by atoms with Crippen LogP contribution in [0.5, 0.6) is 5.75 Å². The first-order chi connectivity index (χ1) is 16.4. The van der Waals surface area contributed by atoms with Crippen molar-refractivity contribution >= 4 is 46.3 Å². The monoisotopic (exact) mass is 480 g/mol. The number of nitrogens with two attached hydrogens (primary N) is 1. The maximum atomic E-state index is 12.5. The summed E-state index contributed by atoms with van der Waals surface area (Å²) in [6.07, 6.45) is 3.38. The highest BCUT2D eigenvalue weighted by Crippen LogP contribution is 2.29. The van der Waals surface area contributed by atoms with E-state index in [9.17, 15) is 19.2 Å². The summed E-state index contributed by atoms with van der Waals surface area (Å²) >= 11 is 1.35. The highest BCUT2D eigenvalue weighted by Gasteiger charge is 2.33. The molecule has 0 radical (unpaired) electrons. The van der Waals surface area contributed by atoms with E-state index in [1.165, 1.54) is 42.4 Å². The number of carbonyl (C=O) groups excluding carboxylic acids is 4. The third-order valence-electron chi connectivity index (χ3n) is 5.46.